The second kappa shape index (κ2) is 3.03. The van der Waals surface area contributed by atoms with Crippen LogP contribution in [0.4, 0.5) is 0 Å². The van der Waals surface area contributed by atoms with Crippen LogP contribution in [0.25, 0.3) is 0 Å². The second-order valence-electron chi connectivity index (χ2n) is 3.14. The average Bonchev–Trinajstić information content (AvgIpc) is 2.17. The lowest BCUT2D eigenvalue weighted by molar-refractivity contribution is -0.133. The van der Waals surface area contributed by atoms with Gasteiger partial charge in [-0.25, -0.2) is 0 Å². The third-order valence-corrected chi connectivity index (χ3v) is 2.20. The maximum atomic E-state index is 11.3. The number of likely N-dealkylation sites (tertiary alicyclic amines) is 1. The van der Waals surface area contributed by atoms with Crippen LogP contribution in [0.1, 0.15) is 20.3 Å². The van der Waals surface area contributed by atoms with Gasteiger partial charge in [-0.2, -0.15) is 0 Å². The Labute approximate surface area is 66.4 Å². The molecule has 3 heteroatoms. The van der Waals surface area contributed by atoms with Gasteiger partial charge in [-0.05, 0) is 13.3 Å². The minimum Gasteiger partial charge on any atom is -0.333 e. The summed E-state index contributed by atoms with van der Waals surface area (Å²) < 4.78 is 0. The third-order valence-electron chi connectivity index (χ3n) is 2.20. The summed E-state index contributed by atoms with van der Waals surface area (Å²) in [7, 11) is 0. The quantitative estimate of drug-likeness (QED) is 0.543. The summed E-state index contributed by atoms with van der Waals surface area (Å²) in [6.07, 6.45) is 1.67. The molecule has 0 bridgehead atoms. The lowest BCUT2D eigenvalue weighted by Crippen LogP contribution is -2.33. The molecule has 1 rings (SSSR count). The van der Waals surface area contributed by atoms with E-state index < -0.39 is 0 Å². The van der Waals surface area contributed by atoms with Crippen molar-refractivity contribution in [2.45, 2.75) is 26.3 Å². The van der Waals surface area contributed by atoms with E-state index in [0.29, 0.717) is 0 Å². The molecule has 11 heavy (non-hydrogen) atoms. The third kappa shape index (κ3) is 1.42. The van der Waals surface area contributed by atoms with Gasteiger partial charge in [0.2, 0.25) is 5.91 Å². The smallest absolute Gasteiger partial charge is 0.226 e. The van der Waals surface area contributed by atoms with Gasteiger partial charge in [0.1, 0.15) is 6.29 Å². The lowest BCUT2D eigenvalue weighted by atomic mass is 10.1. The monoisotopic (exact) mass is 155 g/mol. The highest BCUT2D eigenvalue weighted by Gasteiger charge is 2.33. The second-order valence-corrected chi connectivity index (χ2v) is 3.14. The van der Waals surface area contributed by atoms with Crippen molar-refractivity contribution in [2.75, 3.05) is 6.54 Å². The van der Waals surface area contributed by atoms with Crippen molar-refractivity contribution in [3.63, 3.8) is 0 Å². The molecule has 62 valence electrons. The van der Waals surface area contributed by atoms with Crippen LogP contribution in [-0.2, 0) is 9.59 Å². The Morgan fingerprint density at radius 1 is 1.64 bits per heavy atom. The SMILES string of the molecule is CC1CC(C)N(CC=O)C1=O. The largest absolute Gasteiger partial charge is 0.333 e. The average molecular weight is 155 g/mol. The standard InChI is InChI=1S/C8H13NO2/c1-6-5-7(2)9(3-4-10)8(6)11/h4,6-7H,3,5H2,1-2H3. The van der Waals surface area contributed by atoms with E-state index in [1.165, 1.54) is 0 Å². The van der Waals surface area contributed by atoms with E-state index >= 15 is 0 Å². The molecule has 2 atom stereocenters. The fourth-order valence-corrected chi connectivity index (χ4v) is 1.59. The Bertz CT molecular complexity index is 179. The number of aldehydes is 1. The van der Waals surface area contributed by atoms with E-state index in [4.69, 9.17) is 0 Å². The van der Waals surface area contributed by atoms with Gasteiger partial charge in [-0.15, -0.1) is 0 Å². The zero-order valence-corrected chi connectivity index (χ0v) is 6.91. The Hall–Kier alpha value is -0.860. The molecule has 1 heterocycles. The highest BCUT2D eigenvalue weighted by Crippen LogP contribution is 2.22. The van der Waals surface area contributed by atoms with Crippen LogP contribution < -0.4 is 0 Å². The predicted octanol–water partition coefficient (Wildman–Crippen LogP) is 0.442. The van der Waals surface area contributed by atoms with Gasteiger partial charge in [-0.1, -0.05) is 6.92 Å². The fourth-order valence-electron chi connectivity index (χ4n) is 1.59. The van der Waals surface area contributed by atoms with Crippen LogP contribution >= 0.6 is 0 Å². The Balaban J connectivity index is 2.63. The van der Waals surface area contributed by atoms with Gasteiger partial charge in [0.15, 0.2) is 0 Å². The number of nitrogens with zero attached hydrogens (tertiary/aromatic N) is 1. The topological polar surface area (TPSA) is 37.4 Å². The van der Waals surface area contributed by atoms with Crippen LogP contribution in [-0.4, -0.2) is 29.7 Å². The first kappa shape index (κ1) is 8.24. The minimum atomic E-state index is 0.102. The molecular formula is C8H13NO2. The molecular weight excluding hydrogens is 142 g/mol. The molecule has 1 aliphatic rings. The Morgan fingerprint density at radius 3 is 2.64 bits per heavy atom. The van der Waals surface area contributed by atoms with Gasteiger partial charge < -0.3 is 9.69 Å². The zero-order chi connectivity index (χ0) is 8.43. The normalized spacial score (nSPS) is 31.1. The number of carbonyl (C=O) groups excluding carboxylic acids is 2. The molecule has 0 aromatic heterocycles. The molecule has 1 fully saturated rings. The van der Waals surface area contributed by atoms with E-state index in [0.717, 1.165) is 12.7 Å². The van der Waals surface area contributed by atoms with Crippen LogP contribution in [0.2, 0.25) is 0 Å². The number of carbonyl (C=O) groups is 2. The highest BCUT2D eigenvalue weighted by atomic mass is 16.2. The fraction of sp³-hybridized carbons (Fsp3) is 0.750. The van der Waals surface area contributed by atoms with Crippen molar-refractivity contribution in [3.8, 4) is 0 Å². The van der Waals surface area contributed by atoms with Crippen LogP contribution in [0.15, 0.2) is 0 Å². The molecule has 2 unspecified atom stereocenters. The summed E-state index contributed by atoms with van der Waals surface area (Å²) in [4.78, 5) is 23.1. The first-order valence-corrected chi connectivity index (χ1v) is 3.91. The summed E-state index contributed by atoms with van der Waals surface area (Å²) in [6, 6.07) is 0.239. The van der Waals surface area contributed by atoms with Gasteiger partial charge in [0, 0.05) is 12.0 Å². The molecule has 0 aliphatic carbocycles. The van der Waals surface area contributed by atoms with Crippen LogP contribution in [0.5, 0.6) is 0 Å². The number of hydrogen-bond donors (Lipinski definition) is 0. The van der Waals surface area contributed by atoms with Crippen molar-refractivity contribution in [3.05, 3.63) is 0 Å². The molecule has 1 amide bonds. The van der Waals surface area contributed by atoms with Crippen molar-refractivity contribution >= 4 is 12.2 Å². The first-order chi connectivity index (χ1) is 5.16. The van der Waals surface area contributed by atoms with Gasteiger partial charge in [0.05, 0.1) is 6.54 Å². The van der Waals surface area contributed by atoms with Gasteiger partial charge in [0.25, 0.3) is 0 Å². The molecule has 0 spiro atoms. The number of rotatable bonds is 2. The first-order valence-electron chi connectivity index (χ1n) is 3.91. The zero-order valence-electron chi connectivity index (χ0n) is 6.91. The molecule has 1 saturated heterocycles. The van der Waals surface area contributed by atoms with E-state index in [9.17, 15) is 9.59 Å². The summed E-state index contributed by atoms with van der Waals surface area (Å²) >= 11 is 0. The van der Waals surface area contributed by atoms with E-state index in [-0.39, 0.29) is 24.4 Å². The van der Waals surface area contributed by atoms with Crippen LogP contribution in [0.3, 0.4) is 0 Å². The van der Waals surface area contributed by atoms with Crippen molar-refractivity contribution in [2.24, 2.45) is 5.92 Å². The molecule has 0 saturated carbocycles. The number of amides is 1. The molecule has 1 aliphatic heterocycles. The summed E-state index contributed by atoms with van der Waals surface area (Å²) in [5.41, 5.74) is 0. The summed E-state index contributed by atoms with van der Waals surface area (Å²) in [5, 5.41) is 0. The maximum absolute atomic E-state index is 11.3. The molecule has 0 radical (unpaired) electrons. The molecule has 3 nitrogen and oxygen atoms in total. The number of hydrogen-bond acceptors (Lipinski definition) is 2. The molecule has 0 N–H and O–H groups in total. The summed E-state index contributed by atoms with van der Waals surface area (Å²) in [5.74, 6) is 0.217. The lowest BCUT2D eigenvalue weighted by Gasteiger charge is -2.17. The Morgan fingerprint density at radius 2 is 2.27 bits per heavy atom. The van der Waals surface area contributed by atoms with E-state index in [1.54, 1.807) is 4.90 Å². The van der Waals surface area contributed by atoms with Crippen molar-refractivity contribution in [1.82, 2.24) is 4.90 Å². The summed E-state index contributed by atoms with van der Waals surface area (Å²) in [6.45, 7) is 4.14. The van der Waals surface area contributed by atoms with Gasteiger partial charge in [-0.3, -0.25) is 4.79 Å². The maximum Gasteiger partial charge on any atom is 0.226 e. The van der Waals surface area contributed by atoms with Gasteiger partial charge >= 0.3 is 0 Å². The highest BCUT2D eigenvalue weighted by molar-refractivity contribution is 5.82. The molecule has 0 aromatic rings. The van der Waals surface area contributed by atoms with E-state index in [2.05, 4.69) is 0 Å². The minimum absolute atomic E-state index is 0.102. The Kier molecular flexibility index (Phi) is 2.27. The van der Waals surface area contributed by atoms with Crippen molar-refractivity contribution in [1.29, 1.82) is 0 Å². The van der Waals surface area contributed by atoms with Crippen LogP contribution in [0, 0.1) is 5.92 Å². The molecule has 0 aromatic carbocycles. The predicted molar refractivity (Wildman–Crippen MR) is 41.0 cm³/mol. The van der Waals surface area contributed by atoms with E-state index in [1.807, 2.05) is 13.8 Å². The van der Waals surface area contributed by atoms with Crippen molar-refractivity contribution < 1.29 is 9.59 Å².